The molecule has 7 heteroatoms. The molecule has 22 rings (SSSR count). The summed E-state index contributed by atoms with van der Waals surface area (Å²) in [7, 11) is 8.66. The minimum absolute atomic E-state index is 0.117. The molecule has 0 radical (unpaired) electrons. The molecule has 0 aliphatic heterocycles. The fraction of sp³-hybridized carbons (Fsp3) is 0.438. The smallest absolute Gasteiger partial charge is 0.227 e. The Morgan fingerprint density at radius 1 is 0.353 bits per heavy atom. The van der Waals surface area contributed by atoms with Gasteiger partial charge < -0.3 is 8.83 Å². The molecule has 0 amide bonds. The normalized spacial score (nSPS) is 19.5. The molecule has 0 N–H and O–H groups in total. The summed E-state index contributed by atoms with van der Waals surface area (Å²) < 4.78 is 59.1. The van der Waals surface area contributed by atoms with Crippen molar-refractivity contribution in [2.75, 3.05) is 0 Å². The van der Waals surface area contributed by atoms with E-state index in [1.807, 2.05) is 6.92 Å². The number of para-hydroxylation sites is 2. The molecular formula is C112H129N5O2+4. The second kappa shape index (κ2) is 31.8. The van der Waals surface area contributed by atoms with Crippen LogP contribution in [0.2, 0.25) is 0 Å². The Labute approximate surface area is 714 Å². The number of aryl methyl sites for hydroxylation is 14. The van der Waals surface area contributed by atoms with E-state index < -0.39 is 12.7 Å². The molecule has 8 aliphatic rings. The van der Waals surface area contributed by atoms with Crippen molar-refractivity contribution in [3.63, 3.8) is 0 Å². The average Bonchev–Trinajstić information content (AvgIpc) is 1.35. The Bertz CT molecular complexity index is 6550. The fourth-order valence-corrected chi connectivity index (χ4v) is 24.2. The molecule has 7 nitrogen and oxygen atoms in total. The Morgan fingerprint density at radius 2 is 0.840 bits per heavy atom. The van der Waals surface area contributed by atoms with Gasteiger partial charge in [-0.25, -0.2) is 14.1 Å². The molecule has 7 aromatic heterocycles. The van der Waals surface area contributed by atoms with Crippen molar-refractivity contribution in [3.8, 4) is 45.0 Å². The lowest BCUT2D eigenvalue weighted by Gasteiger charge is -2.41. The first kappa shape index (κ1) is 74.5. The van der Waals surface area contributed by atoms with Crippen LogP contribution in [0.15, 0.2) is 167 Å². The lowest BCUT2D eigenvalue weighted by atomic mass is 9.63. The first-order valence-electron chi connectivity index (χ1n) is 47.9. The van der Waals surface area contributed by atoms with E-state index in [1.165, 1.54) is 287 Å². The van der Waals surface area contributed by atoms with E-state index in [0.29, 0.717) is 17.3 Å². The number of aromatic nitrogens is 5. The lowest BCUT2D eigenvalue weighted by molar-refractivity contribution is -0.661. The SMILES string of the molecule is Cc1ccc2c(n1)oc1c(-c3cc4c(c[n+]3C)CCC3(CCCCC3)C4)c(C)ccc12.Cc1ccc2c(oc3ccccc32)c1-c1cc2c(c[n+]1C)CCC1(CCCCC1)C2.[2H]C1([2H])CC2(CCCCC2)Cc2c1c(-c1cc(C)cc(C)c1C)[n+](C)c1ccccc21.[2H]C1([2H])c2ccc3c(ccc(-c4cc(C)cc(C)c4C)[n+]3C)c2CCC12CCCCC2. The van der Waals surface area contributed by atoms with Crippen molar-refractivity contribution >= 4 is 65.8 Å². The highest BCUT2D eigenvalue weighted by atomic mass is 16.3. The maximum absolute atomic E-state index is 9.36. The van der Waals surface area contributed by atoms with E-state index in [-0.39, 0.29) is 10.8 Å². The largest absolute Gasteiger partial charge is 0.455 e. The zero-order chi connectivity index (χ0) is 85.4. The van der Waals surface area contributed by atoms with E-state index in [1.54, 1.807) is 16.7 Å². The summed E-state index contributed by atoms with van der Waals surface area (Å²) in [5.41, 5.74) is 38.8. The molecule has 0 saturated heterocycles. The Balaban J connectivity index is 0.000000108. The van der Waals surface area contributed by atoms with Crippen molar-refractivity contribution in [1.82, 2.24) is 4.98 Å². The van der Waals surface area contributed by atoms with E-state index in [9.17, 15) is 5.48 Å². The number of benzene rings is 7. The summed E-state index contributed by atoms with van der Waals surface area (Å²) in [4.78, 5) is 4.65. The minimum atomic E-state index is -1.33. The van der Waals surface area contributed by atoms with Crippen molar-refractivity contribution in [3.05, 3.63) is 253 Å². The summed E-state index contributed by atoms with van der Waals surface area (Å²) in [6.07, 6.45) is 39.5. The molecule has 8 aliphatic carbocycles. The van der Waals surface area contributed by atoms with Crippen molar-refractivity contribution in [2.45, 2.75) is 268 Å². The highest BCUT2D eigenvalue weighted by Crippen LogP contribution is 2.53. The van der Waals surface area contributed by atoms with Gasteiger partial charge in [0.05, 0.1) is 11.1 Å². The van der Waals surface area contributed by atoms with Gasteiger partial charge in [-0.3, -0.25) is 0 Å². The highest BCUT2D eigenvalue weighted by Gasteiger charge is 2.43. The van der Waals surface area contributed by atoms with Crippen LogP contribution in [0.3, 0.4) is 0 Å². The number of hydrogen-bond donors (Lipinski definition) is 0. The first-order valence-corrected chi connectivity index (χ1v) is 45.9. The van der Waals surface area contributed by atoms with Crippen LogP contribution in [-0.4, -0.2) is 4.98 Å². The molecule has 0 atom stereocenters. The van der Waals surface area contributed by atoms with Crippen LogP contribution in [0.25, 0.3) is 111 Å². The van der Waals surface area contributed by atoms with Crippen LogP contribution < -0.4 is 18.3 Å². The predicted molar refractivity (Wildman–Crippen MR) is 492 cm³/mol. The van der Waals surface area contributed by atoms with Crippen molar-refractivity contribution in [1.29, 1.82) is 0 Å². The van der Waals surface area contributed by atoms with E-state index in [4.69, 9.17) is 8.83 Å². The third-order valence-corrected chi connectivity index (χ3v) is 31.1. The fourth-order valence-electron chi connectivity index (χ4n) is 24.2. The summed E-state index contributed by atoms with van der Waals surface area (Å²) >= 11 is 0. The molecule has 0 unspecified atom stereocenters. The van der Waals surface area contributed by atoms with Crippen molar-refractivity contribution in [2.24, 2.45) is 49.9 Å². The standard InChI is InChI=1S/C28H31N2O.C28H30NO.2C28H34N/c1-18-7-9-22-23-10-8-19(2)29-27(23)31-26(22)25(18)24-15-21-16-28(12-5-4-6-13-28)14-11-20(21)17-30(24)3;1-19-10-11-23-22-8-4-5-9-25(22)30-27(23)26(19)24-16-21-17-28(13-6-3-7-14-28)15-12-20(21)18-29(24)2;1-19-16-20(2)21(3)24(17-19)27-23-12-15-28(13-8-5-9-14-28)18-25(23)22-10-6-7-11-26(22)29(27)4;1-19-16-20(2)21(3)25(17-19)27-11-9-24-23-12-15-28(13-6-5-7-14-28)18-22(23)8-10-26(24)29(27)4/h7-10,15,17H,4-6,11-14,16H2,1-3H3;4-5,8-11,16,18H,3,6-7,12-15,17H2,1-2H3;6-7,10-11,16-17H,5,8-9,12-15,18H2,1-4H3;8-11,16-17H,5-7,12-15,18H2,1-4H3/q4*+1/i;;12D2;18D2. The van der Waals surface area contributed by atoms with Crippen LogP contribution in [-0.2, 0) is 79.5 Å². The second-order valence-electron chi connectivity index (χ2n) is 39.0. The van der Waals surface area contributed by atoms with Gasteiger partial charge in [-0.2, -0.15) is 9.13 Å². The zero-order valence-electron chi connectivity index (χ0n) is 77.8. The van der Waals surface area contributed by atoms with Gasteiger partial charge in [-0.05, 0) is 316 Å². The minimum Gasteiger partial charge on any atom is -0.455 e. The van der Waals surface area contributed by atoms with Crippen LogP contribution in [0.4, 0.5) is 0 Å². The van der Waals surface area contributed by atoms with Crippen LogP contribution in [0.1, 0.15) is 254 Å². The van der Waals surface area contributed by atoms with Crippen molar-refractivity contribution < 1.29 is 32.6 Å². The van der Waals surface area contributed by atoms with Crippen LogP contribution >= 0.6 is 0 Å². The maximum atomic E-state index is 9.36. The van der Waals surface area contributed by atoms with Gasteiger partial charge in [0, 0.05) is 102 Å². The van der Waals surface area contributed by atoms with Gasteiger partial charge in [0.25, 0.3) is 0 Å². The molecule has 7 aromatic carbocycles. The first-order chi connectivity index (χ1) is 59.1. The molecule has 610 valence electrons. The molecule has 0 bridgehead atoms. The quantitative estimate of drug-likeness (QED) is 0.165. The van der Waals surface area contributed by atoms with Gasteiger partial charge in [0.2, 0.25) is 39.5 Å². The highest BCUT2D eigenvalue weighted by molar-refractivity contribution is 6.10. The summed E-state index contributed by atoms with van der Waals surface area (Å²) in [6, 6.07) is 52.9. The lowest BCUT2D eigenvalue weighted by Crippen LogP contribution is -2.38. The number of nitrogens with zero attached hydrogens (tertiary/aromatic N) is 5. The molecular weight excluding hydrogens is 1450 g/mol. The number of furan rings is 2. The number of rotatable bonds is 4. The Kier molecular flexibility index (Phi) is 19.9. The van der Waals surface area contributed by atoms with Gasteiger partial charge in [0.15, 0.2) is 18.0 Å². The third-order valence-electron chi connectivity index (χ3n) is 31.1. The van der Waals surface area contributed by atoms with Crippen LogP contribution in [0, 0.1) is 84.0 Å². The molecule has 7 heterocycles. The monoisotopic (exact) mass is 1580 g/mol. The second-order valence-corrected chi connectivity index (χ2v) is 39.0. The Morgan fingerprint density at radius 3 is 1.45 bits per heavy atom. The van der Waals surface area contributed by atoms with Gasteiger partial charge in [0.1, 0.15) is 39.4 Å². The molecule has 4 fully saturated rings. The van der Waals surface area contributed by atoms with E-state index >= 15 is 0 Å². The van der Waals surface area contributed by atoms with E-state index in [2.05, 4.69) is 265 Å². The van der Waals surface area contributed by atoms with Gasteiger partial charge in [-0.15, -0.1) is 0 Å². The molecule has 4 saturated carbocycles. The van der Waals surface area contributed by atoms with E-state index in [0.717, 1.165) is 87.9 Å². The summed E-state index contributed by atoms with van der Waals surface area (Å²) in [6.45, 7) is 19.5. The van der Waals surface area contributed by atoms with Gasteiger partial charge >= 0.3 is 0 Å². The summed E-state index contributed by atoms with van der Waals surface area (Å²) in [5.74, 6) is 0. The number of pyridine rings is 5. The average molecular weight is 1580 g/mol. The zero-order valence-corrected chi connectivity index (χ0v) is 73.8. The Hall–Kier alpha value is -9.59. The predicted octanol–water partition coefficient (Wildman–Crippen LogP) is 26.7. The number of hydrogen-bond acceptors (Lipinski definition) is 3. The maximum Gasteiger partial charge on any atom is 0.227 e. The summed E-state index contributed by atoms with van der Waals surface area (Å²) in [5, 5.41) is 7.14. The third kappa shape index (κ3) is 14.7. The molecule has 119 heavy (non-hydrogen) atoms. The van der Waals surface area contributed by atoms with Gasteiger partial charge in [-0.1, -0.05) is 161 Å². The number of fused-ring (bicyclic) bond motifs is 14. The molecule has 4 spiro atoms. The van der Waals surface area contributed by atoms with Crippen LogP contribution in [0.5, 0.6) is 0 Å². The molecule has 14 aromatic rings. The topological polar surface area (TPSA) is 54.7 Å².